The molecule has 1 aromatic heterocycles. The molecule has 2 aromatic rings. The van der Waals surface area contributed by atoms with Gasteiger partial charge in [-0.05, 0) is 12.1 Å². The van der Waals surface area contributed by atoms with Crippen molar-refractivity contribution >= 4 is 5.95 Å². The van der Waals surface area contributed by atoms with Crippen molar-refractivity contribution in [1.29, 1.82) is 0 Å². The lowest BCUT2D eigenvalue weighted by molar-refractivity contribution is -0.137. The molecule has 0 aliphatic carbocycles. The minimum Gasteiger partial charge on any atom is -0.357 e. The molecule has 0 saturated heterocycles. The second-order valence-electron chi connectivity index (χ2n) is 3.56. The highest BCUT2D eigenvalue weighted by Gasteiger charge is 2.33. The number of hydrogen-bond donors (Lipinski definition) is 1. The fourth-order valence-electron chi connectivity index (χ4n) is 1.58. The van der Waals surface area contributed by atoms with Gasteiger partial charge in [0.15, 0.2) is 0 Å². The molecular formula is C12H10F3N3. The summed E-state index contributed by atoms with van der Waals surface area (Å²) in [4.78, 5) is 7.89. The van der Waals surface area contributed by atoms with Crippen molar-refractivity contribution in [3.05, 3.63) is 42.1 Å². The van der Waals surface area contributed by atoms with E-state index in [2.05, 4.69) is 15.3 Å². The second-order valence-corrected chi connectivity index (χ2v) is 3.56. The largest absolute Gasteiger partial charge is 0.417 e. The molecule has 2 rings (SSSR count). The van der Waals surface area contributed by atoms with Crippen molar-refractivity contribution in [3.8, 4) is 11.3 Å². The molecule has 1 aromatic carbocycles. The average Bonchev–Trinajstić information content (AvgIpc) is 2.38. The Labute approximate surface area is 102 Å². The zero-order valence-electron chi connectivity index (χ0n) is 9.49. The predicted octanol–water partition coefficient (Wildman–Crippen LogP) is 3.20. The molecule has 18 heavy (non-hydrogen) atoms. The lowest BCUT2D eigenvalue weighted by Gasteiger charge is -2.12. The highest BCUT2D eigenvalue weighted by atomic mass is 19.4. The lowest BCUT2D eigenvalue weighted by atomic mass is 10.0. The fourth-order valence-corrected chi connectivity index (χ4v) is 1.58. The standard InChI is InChI=1S/C12H10F3N3/c1-16-11-17-7-6-10(18-11)8-4-2-3-5-9(8)12(13,14)15/h2-7H,1H3,(H,16,17,18). The summed E-state index contributed by atoms with van der Waals surface area (Å²) >= 11 is 0. The molecule has 94 valence electrons. The Morgan fingerprint density at radius 1 is 1.11 bits per heavy atom. The van der Waals surface area contributed by atoms with Crippen LogP contribution in [0.1, 0.15) is 5.56 Å². The van der Waals surface area contributed by atoms with E-state index >= 15 is 0 Å². The Kier molecular flexibility index (Phi) is 3.18. The maximum absolute atomic E-state index is 12.9. The van der Waals surface area contributed by atoms with Crippen molar-refractivity contribution < 1.29 is 13.2 Å². The van der Waals surface area contributed by atoms with E-state index in [-0.39, 0.29) is 17.2 Å². The zero-order valence-corrected chi connectivity index (χ0v) is 9.49. The molecule has 3 nitrogen and oxygen atoms in total. The van der Waals surface area contributed by atoms with Crippen LogP contribution in [0, 0.1) is 0 Å². The molecule has 0 atom stereocenters. The van der Waals surface area contributed by atoms with Gasteiger partial charge in [0.2, 0.25) is 5.95 Å². The first-order valence-corrected chi connectivity index (χ1v) is 5.20. The summed E-state index contributed by atoms with van der Waals surface area (Å²) in [6.07, 6.45) is -2.98. The first-order chi connectivity index (χ1) is 8.52. The molecule has 0 bridgehead atoms. The Balaban J connectivity index is 2.57. The van der Waals surface area contributed by atoms with E-state index < -0.39 is 11.7 Å². The molecule has 0 radical (unpaired) electrons. The molecule has 0 spiro atoms. The maximum Gasteiger partial charge on any atom is 0.417 e. The van der Waals surface area contributed by atoms with Gasteiger partial charge in [0.25, 0.3) is 0 Å². The molecule has 0 fully saturated rings. The summed E-state index contributed by atoms with van der Waals surface area (Å²) in [7, 11) is 1.61. The van der Waals surface area contributed by atoms with Gasteiger partial charge in [0.05, 0.1) is 11.3 Å². The van der Waals surface area contributed by atoms with Gasteiger partial charge >= 0.3 is 6.18 Å². The molecule has 1 N–H and O–H groups in total. The van der Waals surface area contributed by atoms with E-state index in [1.54, 1.807) is 13.1 Å². The number of aromatic nitrogens is 2. The van der Waals surface area contributed by atoms with Gasteiger partial charge in [-0.15, -0.1) is 0 Å². The van der Waals surface area contributed by atoms with Gasteiger partial charge < -0.3 is 5.32 Å². The van der Waals surface area contributed by atoms with Crippen LogP contribution in [0.15, 0.2) is 36.5 Å². The van der Waals surface area contributed by atoms with Crippen molar-refractivity contribution in [2.24, 2.45) is 0 Å². The first-order valence-electron chi connectivity index (χ1n) is 5.20. The number of rotatable bonds is 2. The van der Waals surface area contributed by atoms with Crippen molar-refractivity contribution in [3.63, 3.8) is 0 Å². The predicted molar refractivity (Wildman–Crippen MR) is 62.0 cm³/mol. The van der Waals surface area contributed by atoms with E-state index in [0.717, 1.165) is 6.07 Å². The maximum atomic E-state index is 12.9. The van der Waals surface area contributed by atoms with Crippen LogP contribution in [0.4, 0.5) is 19.1 Å². The third-order valence-electron chi connectivity index (χ3n) is 2.39. The van der Waals surface area contributed by atoms with Crippen molar-refractivity contribution in [2.45, 2.75) is 6.18 Å². The number of halogens is 3. The fraction of sp³-hybridized carbons (Fsp3) is 0.167. The molecule has 0 unspecified atom stereocenters. The minimum atomic E-state index is -4.40. The molecule has 1 heterocycles. The van der Waals surface area contributed by atoms with Crippen molar-refractivity contribution in [2.75, 3.05) is 12.4 Å². The lowest BCUT2D eigenvalue weighted by Crippen LogP contribution is -2.07. The number of nitrogens with one attached hydrogen (secondary N) is 1. The van der Waals surface area contributed by atoms with E-state index in [1.807, 2.05) is 0 Å². The third kappa shape index (κ3) is 2.42. The van der Waals surface area contributed by atoms with E-state index in [9.17, 15) is 13.2 Å². The SMILES string of the molecule is CNc1nccc(-c2ccccc2C(F)(F)F)n1. The first kappa shape index (κ1) is 12.3. The summed E-state index contributed by atoms with van der Waals surface area (Å²) in [5, 5.41) is 2.69. The van der Waals surface area contributed by atoms with E-state index in [0.29, 0.717) is 0 Å². The summed E-state index contributed by atoms with van der Waals surface area (Å²) < 4.78 is 38.6. The molecule has 6 heteroatoms. The van der Waals surface area contributed by atoms with Gasteiger partial charge in [-0.2, -0.15) is 13.2 Å². The number of nitrogens with zero attached hydrogens (tertiary/aromatic N) is 2. The summed E-state index contributed by atoms with van der Waals surface area (Å²) in [6.45, 7) is 0. The van der Waals surface area contributed by atoms with Crippen LogP contribution in [-0.4, -0.2) is 17.0 Å². The molecule has 0 amide bonds. The molecule has 0 aliphatic rings. The molecule has 0 aliphatic heterocycles. The smallest absolute Gasteiger partial charge is 0.357 e. The number of alkyl halides is 3. The number of anilines is 1. The van der Waals surface area contributed by atoms with Crippen LogP contribution in [-0.2, 0) is 6.18 Å². The Bertz CT molecular complexity index is 552. The summed E-state index contributed by atoms with van der Waals surface area (Å²) in [5.74, 6) is 0.282. The Morgan fingerprint density at radius 2 is 1.83 bits per heavy atom. The van der Waals surface area contributed by atoms with Crippen LogP contribution in [0.5, 0.6) is 0 Å². The zero-order chi connectivity index (χ0) is 13.2. The van der Waals surface area contributed by atoms with Crippen molar-refractivity contribution in [1.82, 2.24) is 9.97 Å². The number of hydrogen-bond acceptors (Lipinski definition) is 3. The monoisotopic (exact) mass is 253 g/mol. The quantitative estimate of drug-likeness (QED) is 0.893. The normalized spacial score (nSPS) is 11.3. The van der Waals surface area contributed by atoms with E-state index in [1.165, 1.54) is 24.4 Å². The van der Waals surface area contributed by atoms with Gasteiger partial charge in [-0.25, -0.2) is 9.97 Å². The summed E-state index contributed by atoms with van der Waals surface area (Å²) in [5.41, 5.74) is -0.420. The minimum absolute atomic E-state index is 0.0453. The molecule has 0 saturated carbocycles. The highest BCUT2D eigenvalue weighted by Crippen LogP contribution is 2.36. The average molecular weight is 253 g/mol. The van der Waals surface area contributed by atoms with Crippen LogP contribution in [0.3, 0.4) is 0 Å². The third-order valence-corrected chi connectivity index (χ3v) is 2.39. The summed E-state index contributed by atoms with van der Waals surface area (Å²) in [6, 6.07) is 6.78. The second kappa shape index (κ2) is 4.64. The number of benzene rings is 1. The van der Waals surface area contributed by atoms with Crippen LogP contribution >= 0.6 is 0 Å². The highest BCUT2D eigenvalue weighted by molar-refractivity contribution is 5.65. The van der Waals surface area contributed by atoms with Crippen LogP contribution in [0.2, 0.25) is 0 Å². The van der Waals surface area contributed by atoms with Gasteiger partial charge in [0, 0.05) is 18.8 Å². The van der Waals surface area contributed by atoms with E-state index in [4.69, 9.17) is 0 Å². The van der Waals surface area contributed by atoms with Gasteiger partial charge in [-0.1, -0.05) is 18.2 Å². The Morgan fingerprint density at radius 3 is 2.50 bits per heavy atom. The molecular weight excluding hydrogens is 243 g/mol. The topological polar surface area (TPSA) is 37.8 Å². The Hall–Kier alpha value is -2.11. The van der Waals surface area contributed by atoms with Crippen LogP contribution < -0.4 is 5.32 Å². The van der Waals surface area contributed by atoms with Gasteiger partial charge in [0.1, 0.15) is 0 Å². The van der Waals surface area contributed by atoms with Gasteiger partial charge in [-0.3, -0.25) is 0 Å². The van der Waals surface area contributed by atoms with Crippen LogP contribution in [0.25, 0.3) is 11.3 Å².